The van der Waals surface area contributed by atoms with E-state index in [0.29, 0.717) is 11.1 Å². The Kier molecular flexibility index (Phi) is 5.12. The Morgan fingerprint density at radius 2 is 1.42 bits per heavy atom. The number of carbonyl (C=O) groups is 2. The summed E-state index contributed by atoms with van der Waals surface area (Å²) in [6.45, 7) is 7.56. The van der Waals surface area contributed by atoms with Crippen molar-refractivity contribution in [3.63, 3.8) is 0 Å². The molecule has 0 unspecified atom stereocenters. The number of benzene rings is 2. The number of hydrogen-bond donors (Lipinski definition) is 1. The first kappa shape index (κ1) is 18.2. The van der Waals surface area contributed by atoms with Crippen molar-refractivity contribution in [2.24, 2.45) is 0 Å². The Hall–Kier alpha value is -2.62. The lowest BCUT2D eigenvalue weighted by Crippen LogP contribution is -2.40. The highest BCUT2D eigenvalue weighted by molar-refractivity contribution is 5.97. The van der Waals surface area contributed by atoms with Gasteiger partial charge in [0.25, 0.3) is 11.8 Å². The summed E-state index contributed by atoms with van der Waals surface area (Å²) in [5.41, 5.74) is 2.92. The predicted molar refractivity (Wildman–Crippen MR) is 104 cm³/mol. The van der Waals surface area contributed by atoms with E-state index in [1.807, 2.05) is 74.2 Å². The van der Waals surface area contributed by atoms with Gasteiger partial charge in [-0.3, -0.25) is 9.59 Å². The first-order valence-corrected chi connectivity index (χ1v) is 9.16. The Balaban J connectivity index is 1.85. The van der Waals surface area contributed by atoms with E-state index in [1.165, 1.54) is 0 Å². The zero-order chi connectivity index (χ0) is 18.7. The quantitative estimate of drug-likeness (QED) is 0.905. The van der Waals surface area contributed by atoms with E-state index < -0.39 is 0 Å². The molecule has 136 valence electrons. The summed E-state index contributed by atoms with van der Waals surface area (Å²) in [6.07, 6.45) is 2.16. The van der Waals surface area contributed by atoms with Crippen LogP contribution in [0.25, 0.3) is 11.1 Å². The van der Waals surface area contributed by atoms with Crippen molar-refractivity contribution in [3.05, 3.63) is 59.7 Å². The van der Waals surface area contributed by atoms with Gasteiger partial charge in [0.2, 0.25) is 0 Å². The zero-order valence-corrected chi connectivity index (χ0v) is 15.7. The lowest BCUT2D eigenvalue weighted by atomic mass is 10.00. The number of carbonyl (C=O) groups excluding carboxylic acids is 2. The van der Waals surface area contributed by atoms with Gasteiger partial charge in [0.05, 0.1) is 0 Å². The molecular formula is C22H26N2O2. The van der Waals surface area contributed by atoms with Gasteiger partial charge in [-0.1, -0.05) is 24.3 Å². The molecule has 2 aromatic rings. The second-order valence-electron chi connectivity index (χ2n) is 7.87. The fraction of sp³-hybridized carbons (Fsp3) is 0.364. The number of likely N-dealkylation sites (tertiary alicyclic amines) is 1. The molecule has 1 saturated heterocycles. The lowest BCUT2D eigenvalue weighted by Gasteiger charge is -2.20. The van der Waals surface area contributed by atoms with Crippen LogP contribution < -0.4 is 5.32 Å². The molecule has 1 aliphatic heterocycles. The normalized spacial score (nSPS) is 14.3. The number of rotatable bonds is 3. The van der Waals surface area contributed by atoms with Crippen LogP contribution in [0, 0.1) is 0 Å². The van der Waals surface area contributed by atoms with Gasteiger partial charge < -0.3 is 10.2 Å². The van der Waals surface area contributed by atoms with Crippen LogP contribution in [-0.2, 0) is 0 Å². The smallest absolute Gasteiger partial charge is 0.253 e. The maximum atomic E-state index is 12.6. The fourth-order valence-electron chi connectivity index (χ4n) is 3.19. The molecule has 26 heavy (non-hydrogen) atoms. The van der Waals surface area contributed by atoms with E-state index in [0.717, 1.165) is 37.1 Å². The Labute approximate surface area is 155 Å². The van der Waals surface area contributed by atoms with Crippen molar-refractivity contribution in [3.8, 4) is 11.1 Å². The van der Waals surface area contributed by atoms with Crippen molar-refractivity contribution in [2.75, 3.05) is 13.1 Å². The van der Waals surface area contributed by atoms with Crippen LogP contribution in [0.3, 0.4) is 0 Å². The van der Waals surface area contributed by atoms with Crippen LogP contribution in [0.4, 0.5) is 0 Å². The summed E-state index contributed by atoms with van der Waals surface area (Å²) in [4.78, 5) is 27.0. The van der Waals surface area contributed by atoms with E-state index in [1.54, 1.807) is 0 Å². The second-order valence-corrected chi connectivity index (χ2v) is 7.87. The molecule has 4 nitrogen and oxygen atoms in total. The summed E-state index contributed by atoms with van der Waals surface area (Å²) in [6, 6.07) is 15.2. The van der Waals surface area contributed by atoms with Crippen molar-refractivity contribution in [1.82, 2.24) is 10.2 Å². The van der Waals surface area contributed by atoms with Gasteiger partial charge in [-0.2, -0.15) is 0 Å². The van der Waals surface area contributed by atoms with Gasteiger partial charge in [0, 0.05) is 29.8 Å². The third-order valence-corrected chi connectivity index (χ3v) is 4.45. The average Bonchev–Trinajstić information content (AvgIpc) is 3.14. The molecule has 4 heteroatoms. The van der Waals surface area contributed by atoms with Crippen LogP contribution in [0.2, 0.25) is 0 Å². The SMILES string of the molecule is CC(C)(C)NC(=O)c1cccc(-c2cccc(C(=O)N3CCCC3)c2)c1. The first-order chi connectivity index (χ1) is 12.3. The largest absolute Gasteiger partial charge is 0.347 e. The summed E-state index contributed by atoms with van der Waals surface area (Å²) < 4.78 is 0. The highest BCUT2D eigenvalue weighted by Gasteiger charge is 2.20. The molecule has 0 aromatic heterocycles. The van der Waals surface area contributed by atoms with Gasteiger partial charge in [-0.05, 0) is 69.0 Å². The number of nitrogens with zero attached hydrogens (tertiary/aromatic N) is 1. The molecule has 2 amide bonds. The summed E-state index contributed by atoms with van der Waals surface area (Å²) >= 11 is 0. The molecule has 0 bridgehead atoms. The topological polar surface area (TPSA) is 49.4 Å². The molecular weight excluding hydrogens is 324 g/mol. The molecule has 1 fully saturated rings. The standard InChI is InChI=1S/C22H26N2O2/c1-22(2,3)23-20(25)18-10-6-8-16(14-18)17-9-7-11-19(15-17)21(26)24-12-4-5-13-24/h6-11,14-15H,4-5,12-13H2,1-3H3,(H,23,25). The number of hydrogen-bond acceptors (Lipinski definition) is 2. The van der Waals surface area contributed by atoms with Gasteiger partial charge >= 0.3 is 0 Å². The van der Waals surface area contributed by atoms with Crippen molar-refractivity contribution >= 4 is 11.8 Å². The van der Waals surface area contributed by atoms with Crippen LogP contribution >= 0.6 is 0 Å². The summed E-state index contributed by atoms with van der Waals surface area (Å²) in [7, 11) is 0. The lowest BCUT2D eigenvalue weighted by molar-refractivity contribution is 0.0792. The fourth-order valence-corrected chi connectivity index (χ4v) is 3.19. The molecule has 0 radical (unpaired) electrons. The Bertz CT molecular complexity index is 815. The van der Waals surface area contributed by atoms with E-state index in [9.17, 15) is 9.59 Å². The number of amides is 2. The molecule has 0 spiro atoms. The maximum absolute atomic E-state index is 12.6. The average molecular weight is 350 g/mol. The van der Waals surface area contributed by atoms with Crippen molar-refractivity contribution in [1.29, 1.82) is 0 Å². The van der Waals surface area contributed by atoms with Crippen LogP contribution in [0.1, 0.15) is 54.3 Å². The molecule has 0 atom stereocenters. The minimum atomic E-state index is -0.283. The zero-order valence-electron chi connectivity index (χ0n) is 15.7. The highest BCUT2D eigenvalue weighted by atomic mass is 16.2. The van der Waals surface area contributed by atoms with Gasteiger partial charge in [-0.25, -0.2) is 0 Å². The maximum Gasteiger partial charge on any atom is 0.253 e. The van der Waals surface area contributed by atoms with E-state index >= 15 is 0 Å². The highest BCUT2D eigenvalue weighted by Crippen LogP contribution is 2.23. The third kappa shape index (κ3) is 4.31. The van der Waals surface area contributed by atoms with Gasteiger partial charge in [-0.15, -0.1) is 0 Å². The van der Waals surface area contributed by atoms with Gasteiger partial charge in [0.1, 0.15) is 0 Å². The van der Waals surface area contributed by atoms with E-state index in [-0.39, 0.29) is 17.4 Å². The monoisotopic (exact) mass is 350 g/mol. The molecule has 0 saturated carbocycles. The third-order valence-electron chi connectivity index (χ3n) is 4.45. The molecule has 1 heterocycles. The first-order valence-electron chi connectivity index (χ1n) is 9.16. The summed E-state index contributed by atoms with van der Waals surface area (Å²) in [5, 5.41) is 2.98. The molecule has 0 aliphatic carbocycles. The Morgan fingerprint density at radius 1 is 0.885 bits per heavy atom. The number of nitrogens with one attached hydrogen (secondary N) is 1. The van der Waals surface area contributed by atoms with Crippen LogP contribution in [0.5, 0.6) is 0 Å². The molecule has 2 aromatic carbocycles. The second kappa shape index (κ2) is 7.32. The Morgan fingerprint density at radius 3 is 2.00 bits per heavy atom. The van der Waals surface area contributed by atoms with E-state index in [4.69, 9.17) is 0 Å². The summed E-state index contributed by atoms with van der Waals surface area (Å²) in [5.74, 6) is -0.00497. The van der Waals surface area contributed by atoms with Crippen LogP contribution in [-0.4, -0.2) is 35.3 Å². The minimum Gasteiger partial charge on any atom is -0.347 e. The van der Waals surface area contributed by atoms with Crippen molar-refractivity contribution in [2.45, 2.75) is 39.2 Å². The minimum absolute atomic E-state index is 0.0889. The van der Waals surface area contributed by atoms with E-state index in [2.05, 4.69) is 5.32 Å². The van der Waals surface area contributed by atoms with Crippen molar-refractivity contribution < 1.29 is 9.59 Å². The molecule has 1 aliphatic rings. The van der Waals surface area contributed by atoms with Gasteiger partial charge in [0.15, 0.2) is 0 Å². The molecule has 3 rings (SSSR count). The van der Waals surface area contributed by atoms with Crippen LogP contribution in [0.15, 0.2) is 48.5 Å². The predicted octanol–water partition coefficient (Wildman–Crippen LogP) is 4.12. The molecule has 1 N–H and O–H groups in total.